The number of rotatable bonds is 5. The first-order chi connectivity index (χ1) is 12.2. The third kappa shape index (κ3) is 4.78. The van der Waals surface area contributed by atoms with Crippen LogP contribution >= 0.6 is 0 Å². The molecule has 1 atom stereocenters. The lowest BCUT2D eigenvalue weighted by Gasteiger charge is -2.18. The standard InChI is InChI=1S/C17H15F4N3O2/c1-22-16(26)14(24-15(25)10-5-3-2-4-6-10)8-13-12(18)7-11(9-23-13)17(19,20)21/h2-7,9,14H,8H2,1H3,(H,22,26)(H,24,25). The number of hydrogen-bond acceptors (Lipinski definition) is 3. The van der Waals surface area contributed by atoms with Crippen molar-refractivity contribution in [1.82, 2.24) is 15.6 Å². The summed E-state index contributed by atoms with van der Waals surface area (Å²) < 4.78 is 51.7. The van der Waals surface area contributed by atoms with E-state index in [-0.39, 0.29) is 11.3 Å². The van der Waals surface area contributed by atoms with Crippen molar-refractivity contribution >= 4 is 11.8 Å². The van der Waals surface area contributed by atoms with Crippen LogP contribution in [0.25, 0.3) is 0 Å². The van der Waals surface area contributed by atoms with E-state index in [1.165, 1.54) is 19.2 Å². The fourth-order valence-electron chi connectivity index (χ4n) is 2.18. The number of hydrogen-bond donors (Lipinski definition) is 2. The molecule has 0 saturated carbocycles. The maximum Gasteiger partial charge on any atom is 0.417 e. The van der Waals surface area contributed by atoms with Crippen molar-refractivity contribution in [3.05, 3.63) is 65.2 Å². The maximum absolute atomic E-state index is 14.0. The number of aromatic nitrogens is 1. The van der Waals surface area contributed by atoms with Gasteiger partial charge in [0.25, 0.3) is 5.91 Å². The lowest BCUT2D eigenvalue weighted by atomic mass is 10.1. The summed E-state index contributed by atoms with van der Waals surface area (Å²) in [7, 11) is 1.32. The van der Waals surface area contributed by atoms with Gasteiger partial charge in [-0.05, 0) is 18.2 Å². The Hall–Kier alpha value is -2.97. The summed E-state index contributed by atoms with van der Waals surface area (Å²) in [6, 6.07) is 7.10. The second-order valence-electron chi connectivity index (χ2n) is 5.36. The number of amides is 2. The number of pyridine rings is 1. The van der Waals surface area contributed by atoms with E-state index < -0.39 is 41.8 Å². The van der Waals surface area contributed by atoms with Crippen LogP contribution in [0.15, 0.2) is 42.6 Å². The molecule has 0 aliphatic heterocycles. The zero-order valence-corrected chi connectivity index (χ0v) is 13.6. The molecule has 138 valence electrons. The summed E-state index contributed by atoms with van der Waals surface area (Å²) in [5.41, 5.74) is -1.31. The van der Waals surface area contributed by atoms with Gasteiger partial charge in [-0.2, -0.15) is 13.2 Å². The molecule has 2 amide bonds. The Morgan fingerprint density at radius 3 is 2.38 bits per heavy atom. The molecule has 0 saturated heterocycles. The zero-order valence-electron chi connectivity index (χ0n) is 13.6. The molecule has 5 nitrogen and oxygen atoms in total. The van der Waals surface area contributed by atoms with Gasteiger partial charge in [0.2, 0.25) is 5.91 Å². The van der Waals surface area contributed by atoms with Crippen molar-refractivity contribution in [3.63, 3.8) is 0 Å². The molecule has 2 rings (SSSR count). The van der Waals surface area contributed by atoms with Crippen LogP contribution in [0.4, 0.5) is 17.6 Å². The molecular formula is C17H15F4N3O2. The van der Waals surface area contributed by atoms with Crippen LogP contribution < -0.4 is 10.6 Å². The predicted molar refractivity (Wildman–Crippen MR) is 84.7 cm³/mol. The lowest BCUT2D eigenvalue weighted by molar-refractivity contribution is -0.138. The summed E-state index contributed by atoms with van der Waals surface area (Å²) in [5.74, 6) is -2.41. The molecule has 0 fully saturated rings. The van der Waals surface area contributed by atoms with Gasteiger partial charge in [0.15, 0.2) is 0 Å². The molecule has 26 heavy (non-hydrogen) atoms. The highest BCUT2D eigenvalue weighted by Crippen LogP contribution is 2.29. The van der Waals surface area contributed by atoms with E-state index in [0.717, 1.165) is 0 Å². The van der Waals surface area contributed by atoms with E-state index in [9.17, 15) is 27.2 Å². The van der Waals surface area contributed by atoms with Crippen LogP contribution in [0.1, 0.15) is 21.6 Å². The normalized spacial score (nSPS) is 12.3. The molecule has 1 aromatic carbocycles. The van der Waals surface area contributed by atoms with E-state index in [1.807, 2.05) is 0 Å². The van der Waals surface area contributed by atoms with Gasteiger partial charge in [-0.1, -0.05) is 18.2 Å². The first kappa shape index (κ1) is 19.4. The second kappa shape index (κ2) is 7.94. The van der Waals surface area contributed by atoms with Gasteiger partial charge in [0, 0.05) is 25.2 Å². The topological polar surface area (TPSA) is 71.1 Å². The van der Waals surface area contributed by atoms with Gasteiger partial charge < -0.3 is 10.6 Å². The molecule has 0 aliphatic carbocycles. The first-order valence-corrected chi connectivity index (χ1v) is 7.51. The van der Waals surface area contributed by atoms with Crippen molar-refractivity contribution in [2.45, 2.75) is 18.6 Å². The average Bonchev–Trinajstić information content (AvgIpc) is 2.61. The molecule has 1 aromatic heterocycles. The molecule has 2 aromatic rings. The minimum atomic E-state index is -4.73. The summed E-state index contributed by atoms with van der Waals surface area (Å²) >= 11 is 0. The molecule has 0 aliphatic rings. The van der Waals surface area contributed by atoms with E-state index in [4.69, 9.17) is 0 Å². The number of carbonyl (C=O) groups excluding carboxylic acids is 2. The fraction of sp³-hybridized carbons (Fsp3) is 0.235. The SMILES string of the molecule is CNC(=O)C(Cc1ncc(C(F)(F)F)cc1F)NC(=O)c1ccccc1. The Morgan fingerprint density at radius 1 is 1.19 bits per heavy atom. The Morgan fingerprint density at radius 2 is 1.85 bits per heavy atom. The fourth-order valence-corrected chi connectivity index (χ4v) is 2.18. The van der Waals surface area contributed by atoms with Crippen LogP contribution in [-0.4, -0.2) is 29.9 Å². The second-order valence-corrected chi connectivity index (χ2v) is 5.36. The van der Waals surface area contributed by atoms with Crippen LogP contribution in [-0.2, 0) is 17.4 Å². The highest BCUT2D eigenvalue weighted by atomic mass is 19.4. The van der Waals surface area contributed by atoms with E-state index in [2.05, 4.69) is 15.6 Å². The molecule has 2 N–H and O–H groups in total. The van der Waals surface area contributed by atoms with Crippen LogP contribution in [0.3, 0.4) is 0 Å². The summed E-state index contributed by atoms with van der Waals surface area (Å²) in [6.07, 6.45) is -4.64. The van der Waals surface area contributed by atoms with E-state index in [0.29, 0.717) is 12.3 Å². The van der Waals surface area contributed by atoms with Gasteiger partial charge in [0.1, 0.15) is 11.9 Å². The van der Waals surface area contributed by atoms with Gasteiger partial charge >= 0.3 is 6.18 Å². The third-order valence-electron chi connectivity index (χ3n) is 3.55. The monoisotopic (exact) mass is 369 g/mol. The van der Waals surface area contributed by atoms with Crippen LogP contribution in [0, 0.1) is 5.82 Å². The number of carbonyl (C=O) groups is 2. The summed E-state index contributed by atoms with van der Waals surface area (Å²) in [4.78, 5) is 27.6. The van der Waals surface area contributed by atoms with Crippen molar-refractivity contribution in [2.75, 3.05) is 7.05 Å². The van der Waals surface area contributed by atoms with Gasteiger partial charge in [-0.25, -0.2) is 4.39 Å². The predicted octanol–water partition coefficient (Wildman–Crippen LogP) is 2.33. The summed E-state index contributed by atoms with van der Waals surface area (Å²) in [6.45, 7) is 0. The first-order valence-electron chi connectivity index (χ1n) is 7.51. The minimum absolute atomic E-state index is 0.280. The highest BCUT2D eigenvalue weighted by Gasteiger charge is 2.32. The van der Waals surface area contributed by atoms with Gasteiger partial charge in [-0.3, -0.25) is 14.6 Å². The van der Waals surface area contributed by atoms with Gasteiger partial charge in [0.05, 0.1) is 11.3 Å². The molecule has 0 radical (unpaired) electrons. The molecule has 0 bridgehead atoms. The van der Waals surface area contributed by atoms with Crippen molar-refractivity contribution in [3.8, 4) is 0 Å². The molecule has 1 heterocycles. The number of nitrogens with one attached hydrogen (secondary N) is 2. The Balaban J connectivity index is 2.21. The Bertz CT molecular complexity index is 794. The smallest absolute Gasteiger partial charge is 0.357 e. The number of halogens is 4. The number of alkyl halides is 3. The van der Waals surface area contributed by atoms with E-state index >= 15 is 0 Å². The van der Waals surface area contributed by atoms with Gasteiger partial charge in [-0.15, -0.1) is 0 Å². The Labute approximate surface area is 146 Å². The molecule has 1 unspecified atom stereocenters. The van der Waals surface area contributed by atoms with Crippen LogP contribution in [0.5, 0.6) is 0 Å². The minimum Gasteiger partial charge on any atom is -0.357 e. The molecule has 0 spiro atoms. The van der Waals surface area contributed by atoms with Crippen molar-refractivity contribution in [1.29, 1.82) is 0 Å². The molecular weight excluding hydrogens is 354 g/mol. The van der Waals surface area contributed by atoms with E-state index in [1.54, 1.807) is 18.2 Å². The largest absolute Gasteiger partial charge is 0.417 e. The number of likely N-dealkylation sites (N-methyl/N-ethyl adjacent to an activating group) is 1. The van der Waals surface area contributed by atoms with Crippen LogP contribution in [0.2, 0.25) is 0 Å². The number of nitrogens with zero attached hydrogens (tertiary/aromatic N) is 1. The lowest BCUT2D eigenvalue weighted by Crippen LogP contribution is -2.47. The Kier molecular flexibility index (Phi) is 5.91. The summed E-state index contributed by atoms with van der Waals surface area (Å²) in [5, 5.41) is 4.74. The van der Waals surface area contributed by atoms with Crippen molar-refractivity contribution in [2.24, 2.45) is 0 Å². The highest BCUT2D eigenvalue weighted by molar-refractivity contribution is 5.97. The molecule has 9 heteroatoms. The van der Waals surface area contributed by atoms with Crippen molar-refractivity contribution < 1.29 is 27.2 Å². The quantitative estimate of drug-likeness (QED) is 0.795. The average molecular weight is 369 g/mol. The maximum atomic E-state index is 14.0. The zero-order chi connectivity index (χ0) is 19.3. The third-order valence-corrected chi connectivity index (χ3v) is 3.55. The number of benzene rings is 1.